The van der Waals surface area contributed by atoms with E-state index in [1.165, 1.54) is 6.07 Å². The van der Waals surface area contributed by atoms with Crippen molar-refractivity contribution in [1.82, 2.24) is 10.3 Å². The zero-order valence-corrected chi connectivity index (χ0v) is 13.3. The second-order valence-corrected chi connectivity index (χ2v) is 5.68. The van der Waals surface area contributed by atoms with Crippen molar-refractivity contribution in [1.29, 1.82) is 0 Å². The van der Waals surface area contributed by atoms with Crippen molar-refractivity contribution in [2.75, 3.05) is 6.54 Å². The number of halogens is 2. The Balaban J connectivity index is 2.28. The largest absolute Gasteiger partial charge is 0.309 e. The normalized spacial score (nSPS) is 12.4. The van der Waals surface area contributed by atoms with Crippen LogP contribution in [0.15, 0.2) is 30.5 Å². The Labute approximate surface area is 130 Å². The van der Waals surface area contributed by atoms with Crippen LogP contribution >= 0.6 is 11.6 Å². The average Bonchev–Trinajstić information content (AvgIpc) is 2.42. The summed E-state index contributed by atoms with van der Waals surface area (Å²) in [7, 11) is 0. The molecule has 112 valence electrons. The summed E-state index contributed by atoms with van der Waals surface area (Å²) in [6, 6.07) is 7.14. The number of hydrogen-bond acceptors (Lipinski definition) is 2. The predicted molar refractivity (Wildman–Crippen MR) is 85.2 cm³/mol. The third-order valence-electron chi connectivity index (χ3n) is 3.46. The molecule has 1 aromatic heterocycles. The van der Waals surface area contributed by atoms with Gasteiger partial charge >= 0.3 is 0 Å². The summed E-state index contributed by atoms with van der Waals surface area (Å²) in [6.07, 6.45) is 2.55. The third kappa shape index (κ3) is 4.02. The molecule has 0 saturated heterocycles. The van der Waals surface area contributed by atoms with Gasteiger partial charge in [0, 0.05) is 6.20 Å². The molecule has 1 N–H and O–H groups in total. The molecule has 0 fully saturated rings. The van der Waals surface area contributed by atoms with Crippen molar-refractivity contribution in [3.05, 3.63) is 63.7 Å². The zero-order chi connectivity index (χ0) is 15.4. The van der Waals surface area contributed by atoms with E-state index in [1.807, 2.05) is 19.2 Å². The van der Waals surface area contributed by atoms with Gasteiger partial charge in [0.15, 0.2) is 0 Å². The van der Waals surface area contributed by atoms with Gasteiger partial charge in [0.25, 0.3) is 0 Å². The van der Waals surface area contributed by atoms with Crippen molar-refractivity contribution in [2.45, 2.75) is 33.2 Å². The molecule has 0 radical (unpaired) electrons. The number of nitrogens with one attached hydrogen (secondary N) is 1. The molecule has 1 unspecified atom stereocenters. The van der Waals surface area contributed by atoms with Crippen molar-refractivity contribution in [3.63, 3.8) is 0 Å². The van der Waals surface area contributed by atoms with Crippen LogP contribution in [0.4, 0.5) is 4.39 Å². The van der Waals surface area contributed by atoms with Crippen LogP contribution < -0.4 is 5.32 Å². The monoisotopic (exact) mass is 306 g/mol. The summed E-state index contributed by atoms with van der Waals surface area (Å²) in [6.45, 7) is 6.97. The second-order valence-electron chi connectivity index (χ2n) is 5.28. The third-order valence-corrected chi connectivity index (χ3v) is 3.77. The van der Waals surface area contributed by atoms with Crippen LogP contribution in [0.3, 0.4) is 0 Å². The first-order valence-electron chi connectivity index (χ1n) is 7.11. The SMILES string of the molecule is CCNC(Cc1ccc(Cl)c(F)c1)c1ncc(C)cc1C. The number of likely N-dealkylation sites (N-methyl/N-ethyl adjacent to an activating group) is 1. The van der Waals surface area contributed by atoms with Gasteiger partial charge in [-0.3, -0.25) is 4.98 Å². The minimum Gasteiger partial charge on any atom is -0.309 e. The van der Waals surface area contributed by atoms with Gasteiger partial charge in [-0.05, 0) is 55.6 Å². The van der Waals surface area contributed by atoms with Gasteiger partial charge in [-0.2, -0.15) is 0 Å². The molecule has 4 heteroatoms. The lowest BCUT2D eigenvalue weighted by molar-refractivity contribution is 0.531. The van der Waals surface area contributed by atoms with Gasteiger partial charge < -0.3 is 5.32 Å². The summed E-state index contributed by atoms with van der Waals surface area (Å²) in [4.78, 5) is 4.55. The maximum absolute atomic E-state index is 13.6. The molecule has 0 aliphatic rings. The summed E-state index contributed by atoms with van der Waals surface area (Å²) in [5.41, 5.74) is 4.21. The lowest BCUT2D eigenvalue weighted by Gasteiger charge is -2.20. The van der Waals surface area contributed by atoms with Gasteiger partial charge in [-0.1, -0.05) is 30.7 Å². The summed E-state index contributed by atoms with van der Waals surface area (Å²) >= 11 is 5.74. The molecule has 21 heavy (non-hydrogen) atoms. The lowest BCUT2D eigenvalue weighted by Crippen LogP contribution is -2.24. The van der Waals surface area contributed by atoms with E-state index < -0.39 is 0 Å². The highest BCUT2D eigenvalue weighted by Gasteiger charge is 2.16. The van der Waals surface area contributed by atoms with Crippen molar-refractivity contribution < 1.29 is 4.39 Å². The van der Waals surface area contributed by atoms with E-state index in [9.17, 15) is 4.39 Å². The predicted octanol–water partition coefficient (Wildman–Crippen LogP) is 4.38. The van der Waals surface area contributed by atoms with E-state index >= 15 is 0 Å². The first kappa shape index (κ1) is 15.9. The Hall–Kier alpha value is -1.45. The van der Waals surface area contributed by atoms with Crippen LogP contribution in [0.1, 0.15) is 35.3 Å². The van der Waals surface area contributed by atoms with Crippen molar-refractivity contribution in [3.8, 4) is 0 Å². The van der Waals surface area contributed by atoms with Gasteiger partial charge in [0.1, 0.15) is 5.82 Å². The standard InChI is InChI=1S/C17H20ClFN2/c1-4-20-16(17-12(3)7-11(2)10-21-17)9-13-5-6-14(18)15(19)8-13/h5-8,10,16,20H,4,9H2,1-3H3. The average molecular weight is 307 g/mol. The lowest BCUT2D eigenvalue weighted by atomic mass is 9.99. The molecule has 2 rings (SSSR count). The van der Waals surface area contributed by atoms with E-state index in [0.29, 0.717) is 6.42 Å². The number of aryl methyl sites for hydroxylation is 2. The molecule has 2 nitrogen and oxygen atoms in total. The molecule has 0 saturated carbocycles. The van der Waals surface area contributed by atoms with E-state index in [1.54, 1.807) is 6.07 Å². The number of hydrogen-bond donors (Lipinski definition) is 1. The summed E-state index contributed by atoms with van der Waals surface area (Å²) in [5.74, 6) is -0.377. The number of aromatic nitrogens is 1. The highest BCUT2D eigenvalue weighted by atomic mass is 35.5. The summed E-state index contributed by atoms with van der Waals surface area (Å²) < 4.78 is 13.6. The van der Waals surface area contributed by atoms with Gasteiger partial charge in [-0.15, -0.1) is 0 Å². The Morgan fingerprint density at radius 1 is 1.29 bits per heavy atom. The Morgan fingerprint density at radius 2 is 2.05 bits per heavy atom. The highest BCUT2D eigenvalue weighted by Crippen LogP contribution is 2.23. The molecule has 0 spiro atoms. The fraction of sp³-hybridized carbons (Fsp3) is 0.353. The number of nitrogens with zero attached hydrogens (tertiary/aromatic N) is 1. The number of rotatable bonds is 5. The smallest absolute Gasteiger partial charge is 0.142 e. The Morgan fingerprint density at radius 3 is 2.67 bits per heavy atom. The minimum absolute atomic E-state index is 0.0659. The second kappa shape index (κ2) is 7.01. The molecular weight excluding hydrogens is 287 g/mol. The van der Waals surface area contributed by atoms with E-state index in [4.69, 9.17) is 11.6 Å². The van der Waals surface area contributed by atoms with E-state index in [2.05, 4.69) is 30.2 Å². The first-order chi connectivity index (χ1) is 10.0. The minimum atomic E-state index is -0.377. The number of benzene rings is 1. The van der Waals surface area contributed by atoms with Crippen molar-refractivity contribution in [2.24, 2.45) is 0 Å². The molecule has 2 aromatic rings. The number of pyridine rings is 1. The quantitative estimate of drug-likeness (QED) is 0.886. The van der Waals surface area contributed by atoms with Crippen LogP contribution in [0.2, 0.25) is 5.02 Å². The Bertz CT molecular complexity index is 628. The zero-order valence-electron chi connectivity index (χ0n) is 12.6. The topological polar surface area (TPSA) is 24.9 Å². The Kier molecular flexibility index (Phi) is 5.32. The highest BCUT2D eigenvalue weighted by molar-refractivity contribution is 6.30. The fourth-order valence-corrected chi connectivity index (χ4v) is 2.62. The van der Waals surface area contributed by atoms with E-state index in [0.717, 1.165) is 28.9 Å². The molecular formula is C17H20ClFN2. The van der Waals surface area contributed by atoms with Crippen LogP contribution in [0.5, 0.6) is 0 Å². The van der Waals surface area contributed by atoms with E-state index in [-0.39, 0.29) is 16.9 Å². The van der Waals surface area contributed by atoms with Crippen LogP contribution in [0, 0.1) is 19.7 Å². The van der Waals surface area contributed by atoms with Crippen LogP contribution in [-0.4, -0.2) is 11.5 Å². The molecule has 0 aliphatic heterocycles. The van der Waals surface area contributed by atoms with Crippen LogP contribution in [0.25, 0.3) is 0 Å². The first-order valence-corrected chi connectivity index (χ1v) is 7.49. The molecule has 1 atom stereocenters. The fourth-order valence-electron chi connectivity index (χ4n) is 2.50. The van der Waals surface area contributed by atoms with Gasteiger partial charge in [-0.25, -0.2) is 4.39 Å². The maximum atomic E-state index is 13.6. The van der Waals surface area contributed by atoms with Gasteiger partial charge in [0.2, 0.25) is 0 Å². The molecule has 1 aromatic carbocycles. The van der Waals surface area contributed by atoms with Crippen LogP contribution in [-0.2, 0) is 6.42 Å². The molecule has 0 bridgehead atoms. The van der Waals surface area contributed by atoms with Gasteiger partial charge in [0.05, 0.1) is 16.8 Å². The molecule has 0 amide bonds. The van der Waals surface area contributed by atoms with Crippen molar-refractivity contribution >= 4 is 11.6 Å². The molecule has 1 heterocycles. The summed E-state index contributed by atoms with van der Waals surface area (Å²) in [5, 5.41) is 3.58. The molecule has 0 aliphatic carbocycles. The maximum Gasteiger partial charge on any atom is 0.142 e.